The molecule has 0 saturated carbocycles. The molecule has 1 N–H and O–H groups in total. The van der Waals surface area contributed by atoms with E-state index in [9.17, 15) is 4.79 Å². The van der Waals surface area contributed by atoms with Crippen LogP contribution in [0.1, 0.15) is 25.8 Å². The lowest BCUT2D eigenvalue weighted by molar-refractivity contribution is -0.116. The molecule has 0 radical (unpaired) electrons. The number of amides is 1. The Balaban J connectivity index is 1.54. The average molecular weight is 389 g/mol. The smallest absolute Gasteiger partial charge is 0.247 e. The lowest BCUT2D eigenvalue weighted by Crippen LogP contribution is -2.19. The molecule has 0 atom stereocenters. The minimum atomic E-state index is -0.212. The van der Waals surface area contributed by atoms with Crippen molar-refractivity contribution in [1.82, 2.24) is 24.7 Å². The number of carbonyl (C=O) groups excluding carboxylic acids is 1. The number of hydrogen-bond donors (Lipinski definition) is 1. The maximum atomic E-state index is 12.3. The molecule has 0 aliphatic rings. The van der Waals surface area contributed by atoms with Crippen LogP contribution in [-0.4, -0.2) is 42.9 Å². The largest absolute Gasteiger partial charge is 0.309 e. The maximum absolute atomic E-state index is 12.3. The molecule has 3 aromatic rings. The van der Waals surface area contributed by atoms with Crippen molar-refractivity contribution in [3.05, 3.63) is 61.5 Å². The van der Waals surface area contributed by atoms with Gasteiger partial charge in [0, 0.05) is 48.2 Å². The van der Waals surface area contributed by atoms with E-state index in [-0.39, 0.29) is 12.5 Å². The van der Waals surface area contributed by atoms with Gasteiger partial charge in [0.25, 0.3) is 0 Å². The molecule has 148 valence electrons. The highest BCUT2D eigenvalue weighted by Crippen LogP contribution is 2.17. The van der Waals surface area contributed by atoms with Gasteiger partial charge in [-0.25, -0.2) is 4.98 Å². The van der Waals surface area contributed by atoms with Gasteiger partial charge in [-0.3, -0.25) is 24.4 Å². The van der Waals surface area contributed by atoms with E-state index in [1.165, 1.54) is 0 Å². The average Bonchev–Trinajstić information content (AvgIpc) is 3.17. The van der Waals surface area contributed by atoms with Crippen LogP contribution in [0.25, 0.3) is 16.8 Å². The molecule has 0 spiro atoms. The molecule has 0 aliphatic heterocycles. The number of nitrogens with zero attached hydrogens (tertiary/aromatic N) is 6. The lowest BCUT2D eigenvalue weighted by Gasteiger charge is -2.06. The van der Waals surface area contributed by atoms with Crippen LogP contribution in [0, 0.1) is 0 Å². The maximum Gasteiger partial charge on any atom is 0.247 e. The molecule has 0 saturated heterocycles. The first-order valence-electron chi connectivity index (χ1n) is 9.22. The van der Waals surface area contributed by atoms with Crippen molar-refractivity contribution in [2.24, 2.45) is 4.99 Å². The van der Waals surface area contributed by atoms with Crippen molar-refractivity contribution < 1.29 is 4.79 Å². The van der Waals surface area contributed by atoms with Gasteiger partial charge in [-0.1, -0.05) is 6.58 Å². The molecular weight excluding hydrogens is 366 g/mol. The Hall–Kier alpha value is -3.68. The number of rotatable bonds is 8. The van der Waals surface area contributed by atoms with E-state index in [2.05, 4.69) is 36.9 Å². The summed E-state index contributed by atoms with van der Waals surface area (Å²) in [7, 11) is 0. The predicted octanol–water partition coefficient (Wildman–Crippen LogP) is 3.26. The van der Waals surface area contributed by atoms with Gasteiger partial charge in [-0.15, -0.1) is 0 Å². The normalized spacial score (nSPS) is 10.4. The summed E-state index contributed by atoms with van der Waals surface area (Å²) >= 11 is 0. The molecule has 0 bridgehead atoms. The van der Waals surface area contributed by atoms with E-state index < -0.39 is 0 Å². The third-order valence-electron chi connectivity index (χ3n) is 4.08. The molecule has 29 heavy (non-hydrogen) atoms. The number of aliphatic imine (C=N–C) groups is 1. The highest BCUT2D eigenvalue weighted by Gasteiger charge is 2.08. The molecule has 3 aromatic heterocycles. The first-order chi connectivity index (χ1) is 14.0. The summed E-state index contributed by atoms with van der Waals surface area (Å²) < 4.78 is 1.58. The molecule has 8 heteroatoms. The number of pyridine rings is 1. The molecule has 1 amide bonds. The second-order valence-corrected chi connectivity index (χ2v) is 6.68. The second-order valence-electron chi connectivity index (χ2n) is 6.68. The Morgan fingerprint density at radius 3 is 2.72 bits per heavy atom. The fraction of sp³-hybridized carbons (Fsp3) is 0.238. The number of anilines is 1. The third-order valence-corrected chi connectivity index (χ3v) is 4.08. The van der Waals surface area contributed by atoms with Crippen LogP contribution in [0.3, 0.4) is 0 Å². The summed E-state index contributed by atoms with van der Waals surface area (Å²) in [5.74, 6) is 0.253. The SMILES string of the molecule is C=C(CCN=C(C)C)c1cnn(CC(=O)Nc2ccc(-c3cnccn3)cn2)c1. The van der Waals surface area contributed by atoms with E-state index in [4.69, 9.17) is 0 Å². The Morgan fingerprint density at radius 2 is 2.03 bits per heavy atom. The minimum absolute atomic E-state index is 0.0904. The van der Waals surface area contributed by atoms with Crippen LogP contribution in [-0.2, 0) is 11.3 Å². The molecule has 8 nitrogen and oxygen atoms in total. The lowest BCUT2D eigenvalue weighted by atomic mass is 10.1. The van der Waals surface area contributed by atoms with Crippen LogP contribution >= 0.6 is 0 Å². The van der Waals surface area contributed by atoms with E-state index >= 15 is 0 Å². The molecule has 0 fully saturated rings. The van der Waals surface area contributed by atoms with Crippen LogP contribution in [0.4, 0.5) is 5.82 Å². The van der Waals surface area contributed by atoms with Crippen LogP contribution in [0.15, 0.2) is 60.9 Å². The summed E-state index contributed by atoms with van der Waals surface area (Å²) in [6.07, 6.45) is 10.8. The number of aromatic nitrogens is 5. The van der Waals surface area contributed by atoms with Gasteiger partial charge >= 0.3 is 0 Å². The van der Waals surface area contributed by atoms with Crippen molar-refractivity contribution in [1.29, 1.82) is 0 Å². The van der Waals surface area contributed by atoms with E-state index in [0.717, 1.165) is 34.5 Å². The van der Waals surface area contributed by atoms with Crippen molar-refractivity contribution in [2.45, 2.75) is 26.8 Å². The molecule has 3 rings (SSSR count). The molecular formula is C21H23N7O. The Bertz CT molecular complexity index is 1000. The van der Waals surface area contributed by atoms with Gasteiger partial charge in [0.05, 0.1) is 18.1 Å². The van der Waals surface area contributed by atoms with Gasteiger partial charge in [0.15, 0.2) is 0 Å². The molecule has 0 unspecified atom stereocenters. The van der Waals surface area contributed by atoms with Crippen LogP contribution in [0.5, 0.6) is 0 Å². The van der Waals surface area contributed by atoms with Gasteiger partial charge in [-0.2, -0.15) is 5.10 Å². The van der Waals surface area contributed by atoms with Gasteiger partial charge in [-0.05, 0) is 38.0 Å². The van der Waals surface area contributed by atoms with Gasteiger partial charge < -0.3 is 5.32 Å². The number of carbonyl (C=O) groups is 1. The fourth-order valence-corrected chi connectivity index (χ4v) is 2.59. The van der Waals surface area contributed by atoms with Crippen molar-refractivity contribution in [2.75, 3.05) is 11.9 Å². The van der Waals surface area contributed by atoms with Crippen molar-refractivity contribution >= 4 is 23.0 Å². The summed E-state index contributed by atoms with van der Waals surface area (Å²) in [5, 5.41) is 7.01. The fourth-order valence-electron chi connectivity index (χ4n) is 2.59. The van der Waals surface area contributed by atoms with Crippen molar-refractivity contribution in [3.63, 3.8) is 0 Å². The second kappa shape index (κ2) is 9.50. The zero-order valence-electron chi connectivity index (χ0n) is 16.5. The topological polar surface area (TPSA) is 98.0 Å². The third kappa shape index (κ3) is 5.90. The summed E-state index contributed by atoms with van der Waals surface area (Å²) in [5.41, 5.74) is 4.45. The zero-order chi connectivity index (χ0) is 20.6. The van der Waals surface area contributed by atoms with Gasteiger partial charge in [0.2, 0.25) is 5.91 Å². The quantitative estimate of drug-likeness (QED) is 0.596. The first-order valence-corrected chi connectivity index (χ1v) is 9.22. The van der Waals surface area contributed by atoms with Crippen LogP contribution < -0.4 is 5.32 Å². The number of nitrogens with one attached hydrogen (secondary N) is 1. The monoisotopic (exact) mass is 389 g/mol. The summed E-state index contributed by atoms with van der Waals surface area (Å²) in [6, 6.07) is 3.57. The Morgan fingerprint density at radius 1 is 1.17 bits per heavy atom. The molecule has 0 aliphatic carbocycles. The minimum Gasteiger partial charge on any atom is -0.309 e. The Kier molecular flexibility index (Phi) is 6.57. The Labute approximate surface area is 169 Å². The van der Waals surface area contributed by atoms with Gasteiger partial charge in [0.1, 0.15) is 12.4 Å². The highest BCUT2D eigenvalue weighted by atomic mass is 16.2. The summed E-state index contributed by atoms with van der Waals surface area (Å²) in [6.45, 7) is 8.80. The standard InChI is InChI=1S/C21H23N7O/c1-15(2)23-7-6-16(3)18-11-26-28(13-18)14-21(29)27-20-5-4-17(10-25-20)19-12-22-8-9-24-19/h4-5,8-13H,3,6-7,14H2,1-2H3,(H,25,27,29). The van der Waals surface area contributed by atoms with Crippen LogP contribution in [0.2, 0.25) is 0 Å². The number of hydrogen-bond acceptors (Lipinski definition) is 6. The highest BCUT2D eigenvalue weighted by molar-refractivity contribution is 5.89. The van der Waals surface area contributed by atoms with E-state index in [1.807, 2.05) is 26.1 Å². The zero-order valence-corrected chi connectivity index (χ0v) is 16.5. The first kappa shape index (κ1) is 20.1. The van der Waals surface area contributed by atoms with Crippen molar-refractivity contribution in [3.8, 4) is 11.3 Å². The predicted molar refractivity (Wildman–Crippen MR) is 113 cm³/mol. The van der Waals surface area contributed by atoms with E-state index in [0.29, 0.717) is 12.4 Å². The summed E-state index contributed by atoms with van der Waals surface area (Å²) in [4.78, 5) is 29.2. The molecule has 3 heterocycles. The molecule has 0 aromatic carbocycles. The van der Waals surface area contributed by atoms with E-state index in [1.54, 1.807) is 41.7 Å².